The zero-order valence-corrected chi connectivity index (χ0v) is 11.6. The van der Waals surface area contributed by atoms with Crippen molar-refractivity contribution in [2.75, 3.05) is 6.54 Å². The summed E-state index contributed by atoms with van der Waals surface area (Å²) in [5.74, 6) is 0. The van der Waals surface area contributed by atoms with E-state index in [-0.39, 0.29) is 0 Å². The first-order valence-corrected chi connectivity index (χ1v) is 7.13. The maximum Gasteiger partial charge on any atom is 0.174 e. The molecule has 0 aliphatic rings. The summed E-state index contributed by atoms with van der Waals surface area (Å²) in [6.45, 7) is 6.21. The summed E-state index contributed by atoms with van der Waals surface area (Å²) in [5.41, 5.74) is 2.67. The van der Waals surface area contributed by atoms with Crippen molar-refractivity contribution in [1.82, 2.24) is 14.7 Å². The normalized spacial score (nSPS) is 10.7. The fraction of sp³-hybridized carbons (Fsp3) is 0.333. The van der Waals surface area contributed by atoms with Crippen LogP contribution in [-0.2, 0) is 6.54 Å². The molecule has 0 saturated heterocycles. The van der Waals surface area contributed by atoms with E-state index in [4.69, 9.17) is 0 Å². The first-order chi connectivity index (χ1) is 8.29. The minimum Gasteiger partial charge on any atom is -0.313 e. The van der Waals surface area contributed by atoms with Crippen LogP contribution in [0.25, 0.3) is 0 Å². The van der Waals surface area contributed by atoms with Crippen LogP contribution in [0.2, 0.25) is 0 Å². The van der Waals surface area contributed by atoms with Crippen molar-refractivity contribution in [1.29, 1.82) is 0 Å². The van der Waals surface area contributed by atoms with Crippen molar-refractivity contribution in [3.05, 3.63) is 35.7 Å². The van der Waals surface area contributed by atoms with Gasteiger partial charge in [-0.15, -0.1) is 0 Å². The molecule has 0 aliphatic heterocycles. The molecule has 3 nitrogen and oxygen atoms in total. The monoisotopic (exact) mass is 265 g/mol. The number of rotatable bonds is 5. The molecule has 90 valence electrons. The van der Waals surface area contributed by atoms with Gasteiger partial charge in [0.05, 0.1) is 0 Å². The van der Waals surface area contributed by atoms with Gasteiger partial charge in [0, 0.05) is 11.4 Å². The predicted molar refractivity (Wildman–Crippen MR) is 72.6 cm³/mol. The van der Waals surface area contributed by atoms with Crippen molar-refractivity contribution in [2.24, 2.45) is 0 Å². The van der Waals surface area contributed by atoms with Crippen LogP contribution in [0.15, 0.2) is 33.8 Å². The van der Waals surface area contributed by atoms with Crippen LogP contribution in [0.1, 0.15) is 18.1 Å². The first kappa shape index (κ1) is 12.5. The van der Waals surface area contributed by atoms with Gasteiger partial charge >= 0.3 is 0 Å². The minimum absolute atomic E-state index is 0.937. The van der Waals surface area contributed by atoms with Crippen molar-refractivity contribution in [2.45, 2.75) is 29.6 Å². The lowest BCUT2D eigenvalue weighted by Crippen LogP contribution is -2.12. The van der Waals surface area contributed by atoms with Gasteiger partial charge in [0.2, 0.25) is 0 Å². The summed E-state index contributed by atoms with van der Waals surface area (Å²) in [5, 5.41) is 3.34. The molecule has 1 aromatic carbocycles. The molecule has 0 bridgehead atoms. The molecular formula is C12H15N3S2. The second-order valence-corrected chi connectivity index (χ2v) is 5.78. The molecule has 0 spiro atoms. The summed E-state index contributed by atoms with van der Waals surface area (Å²) in [7, 11) is 0. The Morgan fingerprint density at radius 2 is 2.29 bits per heavy atom. The number of hydrogen-bond acceptors (Lipinski definition) is 5. The summed E-state index contributed by atoms with van der Waals surface area (Å²) >= 11 is 3.10. The maximum atomic E-state index is 4.17. The highest BCUT2D eigenvalue weighted by Crippen LogP contribution is 2.29. The van der Waals surface area contributed by atoms with Crippen LogP contribution < -0.4 is 5.32 Å². The molecule has 0 aliphatic carbocycles. The van der Waals surface area contributed by atoms with Gasteiger partial charge in [-0.2, -0.15) is 4.37 Å². The quantitative estimate of drug-likeness (QED) is 0.901. The number of hydrogen-bond donors (Lipinski definition) is 1. The topological polar surface area (TPSA) is 37.8 Å². The Morgan fingerprint density at radius 3 is 2.94 bits per heavy atom. The number of aromatic nitrogens is 2. The molecule has 2 rings (SSSR count). The van der Waals surface area contributed by atoms with Crippen molar-refractivity contribution >= 4 is 23.3 Å². The van der Waals surface area contributed by atoms with Gasteiger partial charge in [-0.3, -0.25) is 0 Å². The molecule has 2 aromatic rings. The average Bonchev–Trinajstić information content (AvgIpc) is 2.81. The molecule has 1 aromatic heterocycles. The Bertz CT molecular complexity index is 469. The van der Waals surface area contributed by atoms with E-state index in [0.717, 1.165) is 17.4 Å². The van der Waals surface area contributed by atoms with E-state index in [0.29, 0.717) is 0 Å². The Hall–Kier alpha value is -0.910. The highest BCUT2D eigenvalue weighted by molar-refractivity contribution is 8.01. The Labute approximate surface area is 110 Å². The predicted octanol–water partition coefficient (Wildman–Crippen LogP) is 3.11. The molecule has 5 heteroatoms. The Kier molecular flexibility index (Phi) is 4.53. The van der Waals surface area contributed by atoms with Crippen LogP contribution in [-0.4, -0.2) is 15.9 Å². The van der Waals surface area contributed by atoms with Crippen molar-refractivity contribution < 1.29 is 0 Å². The van der Waals surface area contributed by atoms with E-state index in [2.05, 4.69) is 46.7 Å². The third kappa shape index (κ3) is 3.52. The van der Waals surface area contributed by atoms with E-state index >= 15 is 0 Å². The highest BCUT2D eigenvalue weighted by Gasteiger charge is 2.03. The first-order valence-electron chi connectivity index (χ1n) is 5.54. The van der Waals surface area contributed by atoms with Gasteiger partial charge in [-0.1, -0.05) is 24.8 Å². The molecule has 0 saturated carbocycles. The van der Waals surface area contributed by atoms with Gasteiger partial charge in [-0.05, 0) is 48.3 Å². The minimum atomic E-state index is 0.937. The molecule has 1 N–H and O–H groups in total. The molecule has 0 amide bonds. The molecule has 0 atom stereocenters. The van der Waals surface area contributed by atoms with E-state index in [9.17, 15) is 0 Å². The van der Waals surface area contributed by atoms with Crippen molar-refractivity contribution in [3.8, 4) is 0 Å². The standard InChI is InChI=1S/C12H15N3S2/c1-3-13-7-10-4-5-11(6-9(10)2)16-12-14-8-15-17-12/h4-6,8,13H,3,7H2,1-2H3. The molecule has 0 fully saturated rings. The molecule has 17 heavy (non-hydrogen) atoms. The smallest absolute Gasteiger partial charge is 0.174 e. The maximum absolute atomic E-state index is 4.17. The van der Waals surface area contributed by atoms with Crippen LogP contribution in [0, 0.1) is 6.92 Å². The summed E-state index contributed by atoms with van der Waals surface area (Å²) in [4.78, 5) is 5.39. The molecule has 0 unspecified atom stereocenters. The SMILES string of the molecule is CCNCc1ccc(Sc2ncns2)cc1C. The third-order valence-electron chi connectivity index (χ3n) is 2.43. The summed E-state index contributed by atoms with van der Waals surface area (Å²) in [6.07, 6.45) is 1.60. The molecular weight excluding hydrogens is 250 g/mol. The van der Waals surface area contributed by atoms with Crippen LogP contribution in [0.3, 0.4) is 0 Å². The van der Waals surface area contributed by atoms with Gasteiger partial charge < -0.3 is 5.32 Å². The van der Waals surface area contributed by atoms with Gasteiger partial charge in [0.25, 0.3) is 0 Å². The largest absolute Gasteiger partial charge is 0.313 e. The third-order valence-corrected chi connectivity index (χ3v) is 4.13. The van der Waals surface area contributed by atoms with E-state index < -0.39 is 0 Å². The zero-order chi connectivity index (χ0) is 12.1. The summed E-state index contributed by atoms with van der Waals surface area (Å²) < 4.78 is 4.99. The van der Waals surface area contributed by atoms with Gasteiger partial charge in [-0.25, -0.2) is 4.98 Å². The van der Waals surface area contributed by atoms with Crippen LogP contribution in [0.4, 0.5) is 0 Å². The second-order valence-electron chi connectivity index (χ2n) is 3.68. The number of benzene rings is 1. The molecule has 1 heterocycles. The van der Waals surface area contributed by atoms with Gasteiger partial charge in [0.15, 0.2) is 4.34 Å². The van der Waals surface area contributed by atoms with Crippen molar-refractivity contribution in [3.63, 3.8) is 0 Å². The van der Waals surface area contributed by atoms with Crippen LogP contribution >= 0.6 is 23.3 Å². The fourth-order valence-electron chi connectivity index (χ4n) is 1.50. The number of aryl methyl sites for hydroxylation is 1. The van der Waals surface area contributed by atoms with E-state index in [1.165, 1.54) is 27.6 Å². The lowest BCUT2D eigenvalue weighted by atomic mass is 10.1. The zero-order valence-electron chi connectivity index (χ0n) is 9.93. The number of nitrogens with one attached hydrogen (secondary N) is 1. The van der Waals surface area contributed by atoms with E-state index in [1.54, 1.807) is 18.1 Å². The Morgan fingerprint density at radius 1 is 1.41 bits per heavy atom. The highest BCUT2D eigenvalue weighted by atomic mass is 32.2. The Balaban J connectivity index is 2.08. The fourth-order valence-corrected chi connectivity index (χ4v) is 3.02. The average molecular weight is 265 g/mol. The number of nitrogens with zero attached hydrogens (tertiary/aromatic N) is 2. The van der Waals surface area contributed by atoms with Gasteiger partial charge in [0.1, 0.15) is 6.33 Å². The second kappa shape index (κ2) is 6.14. The lowest BCUT2D eigenvalue weighted by molar-refractivity contribution is 0.723. The lowest BCUT2D eigenvalue weighted by Gasteiger charge is -2.07. The molecule has 0 radical (unpaired) electrons. The summed E-state index contributed by atoms with van der Waals surface area (Å²) in [6, 6.07) is 6.53. The van der Waals surface area contributed by atoms with E-state index in [1.807, 2.05) is 0 Å². The van der Waals surface area contributed by atoms with Crippen LogP contribution in [0.5, 0.6) is 0 Å².